The van der Waals surface area contributed by atoms with Gasteiger partial charge in [0, 0.05) is 13.0 Å². The summed E-state index contributed by atoms with van der Waals surface area (Å²) in [7, 11) is 0. The Labute approximate surface area is 169 Å². The highest BCUT2D eigenvalue weighted by Crippen LogP contribution is 2.20. The second-order valence-electron chi connectivity index (χ2n) is 7.61. The van der Waals surface area contributed by atoms with Gasteiger partial charge >= 0.3 is 5.97 Å². The number of carbonyl (C=O) groups is 5. The van der Waals surface area contributed by atoms with Crippen molar-refractivity contribution in [3.8, 4) is 0 Å². The lowest BCUT2D eigenvalue weighted by molar-refractivity contribution is -0.150. The highest BCUT2D eigenvalue weighted by Gasteiger charge is 2.39. The third-order valence-corrected chi connectivity index (χ3v) is 4.78. The van der Waals surface area contributed by atoms with Crippen molar-refractivity contribution in [2.45, 2.75) is 70.6 Å². The Balaban J connectivity index is 2.96. The fourth-order valence-electron chi connectivity index (χ4n) is 3.09. The van der Waals surface area contributed by atoms with Crippen LogP contribution in [0.5, 0.6) is 0 Å². The number of rotatable bonds is 10. The fourth-order valence-corrected chi connectivity index (χ4v) is 3.09. The topological polar surface area (TPSA) is 185 Å². The van der Waals surface area contributed by atoms with Crippen LogP contribution in [0.25, 0.3) is 0 Å². The zero-order valence-corrected chi connectivity index (χ0v) is 17.0. The number of likely N-dealkylation sites (tertiary alicyclic amines) is 1. The Morgan fingerprint density at radius 2 is 1.72 bits per heavy atom. The molecule has 1 heterocycles. The summed E-state index contributed by atoms with van der Waals surface area (Å²) in [5.74, 6) is -3.82. The van der Waals surface area contributed by atoms with Crippen molar-refractivity contribution in [1.82, 2.24) is 15.5 Å². The summed E-state index contributed by atoms with van der Waals surface area (Å²) >= 11 is 0. The summed E-state index contributed by atoms with van der Waals surface area (Å²) in [5, 5.41) is 14.4. The number of nitrogens with one attached hydrogen (secondary N) is 2. The van der Waals surface area contributed by atoms with Crippen LogP contribution in [-0.2, 0) is 24.0 Å². The second-order valence-corrected chi connectivity index (χ2v) is 7.61. The molecule has 0 aliphatic carbocycles. The largest absolute Gasteiger partial charge is 0.480 e. The molecule has 7 N–H and O–H groups in total. The van der Waals surface area contributed by atoms with Crippen LogP contribution in [0.4, 0.5) is 0 Å². The van der Waals surface area contributed by atoms with Crippen molar-refractivity contribution < 1.29 is 29.1 Å². The third kappa shape index (κ3) is 7.00. The van der Waals surface area contributed by atoms with Gasteiger partial charge in [-0.1, -0.05) is 13.8 Å². The van der Waals surface area contributed by atoms with Gasteiger partial charge in [0.25, 0.3) is 0 Å². The number of nitrogens with zero attached hydrogens (tertiary/aromatic N) is 1. The average molecular weight is 413 g/mol. The van der Waals surface area contributed by atoms with Gasteiger partial charge in [0.2, 0.25) is 23.6 Å². The predicted molar refractivity (Wildman–Crippen MR) is 103 cm³/mol. The van der Waals surface area contributed by atoms with Gasteiger partial charge in [0.05, 0.1) is 6.04 Å². The fraction of sp³-hybridized carbons (Fsp3) is 0.722. The quantitative estimate of drug-likeness (QED) is 0.282. The molecule has 0 saturated carbocycles. The molecule has 0 radical (unpaired) electrons. The molecule has 0 bridgehead atoms. The summed E-state index contributed by atoms with van der Waals surface area (Å²) in [6, 6.07) is -3.89. The van der Waals surface area contributed by atoms with Crippen molar-refractivity contribution >= 4 is 29.6 Å². The summed E-state index contributed by atoms with van der Waals surface area (Å²) in [4.78, 5) is 61.3. The standard InChI is InChI=1S/C18H31N5O6/c1-9(2)14(17(27)23-8-4-5-12(23)18(28)29)22-16(26)11(6-7-13(20)24)21-15(25)10(3)19/h9-12,14H,4-8,19H2,1-3H3,(H2,20,24)(H,21,25)(H,22,26)(H,28,29). The molecule has 1 aliphatic rings. The van der Waals surface area contributed by atoms with Gasteiger partial charge in [-0.2, -0.15) is 0 Å². The van der Waals surface area contributed by atoms with E-state index in [0.29, 0.717) is 19.4 Å². The summed E-state index contributed by atoms with van der Waals surface area (Å²) in [5.41, 5.74) is 10.6. The number of hydrogen-bond donors (Lipinski definition) is 5. The number of aliphatic carboxylic acids is 1. The van der Waals surface area contributed by atoms with Gasteiger partial charge in [-0.15, -0.1) is 0 Å². The number of hydrogen-bond acceptors (Lipinski definition) is 6. The number of carboxylic acid groups (broad SMARTS) is 1. The van der Waals surface area contributed by atoms with Crippen LogP contribution in [0, 0.1) is 5.92 Å². The molecule has 0 aromatic rings. The van der Waals surface area contributed by atoms with Crippen molar-refractivity contribution in [3.63, 3.8) is 0 Å². The smallest absolute Gasteiger partial charge is 0.326 e. The van der Waals surface area contributed by atoms with E-state index in [1.54, 1.807) is 13.8 Å². The van der Waals surface area contributed by atoms with Crippen LogP contribution in [0.2, 0.25) is 0 Å². The van der Waals surface area contributed by atoms with E-state index in [-0.39, 0.29) is 18.8 Å². The van der Waals surface area contributed by atoms with Crippen LogP contribution in [-0.4, -0.2) is 70.3 Å². The van der Waals surface area contributed by atoms with Gasteiger partial charge in [-0.05, 0) is 32.1 Å². The van der Waals surface area contributed by atoms with E-state index in [1.807, 2.05) is 0 Å². The lowest BCUT2D eigenvalue weighted by Gasteiger charge is -2.30. The monoisotopic (exact) mass is 413 g/mol. The minimum atomic E-state index is -1.11. The molecule has 4 amide bonds. The van der Waals surface area contributed by atoms with E-state index in [9.17, 15) is 29.1 Å². The number of carbonyl (C=O) groups excluding carboxylic acids is 4. The molecule has 164 valence electrons. The van der Waals surface area contributed by atoms with Gasteiger partial charge in [-0.3, -0.25) is 19.2 Å². The van der Waals surface area contributed by atoms with Gasteiger partial charge in [0.1, 0.15) is 18.1 Å². The first kappa shape index (κ1) is 24.3. The van der Waals surface area contributed by atoms with Crippen molar-refractivity contribution in [2.24, 2.45) is 17.4 Å². The van der Waals surface area contributed by atoms with Crippen LogP contribution in [0.3, 0.4) is 0 Å². The first-order chi connectivity index (χ1) is 13.5. The van der Waals surface area contributed by atoms with E-state index in [1.165, 1.54) is 11.8 Å². The second kappa shape index (κ2) is 10.7. The molecular formula is C18H31N5O6. The van der Waals surface area contributed by atoms with Crippen LogP contribution >= 0.6 is 0 Å². The summed E-state index contributed by atoms with van der Waals surface area (Å²) in [6.45, 7) is 5.17. The van der Waals surface area contributed by atoms with Crippen LogP contribution < -0.4 is 22.1 Å². The van der Waals surface area contributed by atoms with Crippen LogP contribution in [0.15, 0.2) is 0 Å². The highest BCUT2D eigenvalue weighted by molar-refractivity contribution is 5.94. The predicted octanol–water partition coefficient (Wildman–Crippen LogP) is -1.70. The minimum absolute atomic E-state index is 0.0555. The summed E-state index contributed by atoms with van der Waals surface area (Å²) < 4.78 is 0. The molecule has 29 heavy (non-hydrogen) atoms. The SMILES string of the molecule is CC(N)C(=O)NC(CCC(N)=O)C(=O)NC(C(=O)N1CCCC1C(=O)O)C(C)C. The Kier molecular flexibility index (Phi) is 9.02. The average Bonchev–Trinajstić information content (AvgIpc) is 3.11. The molecule has 11 heteroatoms. The molecule has 1 saturated heterocycles. The Morgan fingerprint density at radius 1 is 1.10 bits per heavy atom. The molecule has 0 spiro atoms. The van der Waals surface area contributed by atoms with E-state index < -0.39 is 53.8 Å². The first-order valence-corrected chi connectivity index (χ1v) is 9.63. The lowest BCUT2D eigenvalue weighted by atomic mass is 10.0. The van der Waals surface area contributed by atoms with Crippen molar-refractivity contribution in [2.75, 3.05) is 6.54 Å². The third-order valence-electron chi connectivity index (χ3n) is 4.78. The number of primary amides is 1. The van der Waals surface area contributed by atoms with Gasteiger partial charge in [-0.25, -0.2) is 4.79 Å². The first-order valence-electron chi connectivity index (χ1n) is 9.63. The lowest BCUT2D eigenvalue weighted by Crippen LogP contribution is -2.58. The van der Waals surface area contributed by atoms with E-state index in [4.69, 9.17) is 11.5 Å². The normalized spacial score (nSPS) is 19.3. The zero-order chi connectivity index (χ0) is 22.3. The maximum atomic E-state index is 12.9. The Morgan fingerprint density at radius 3 is 2.21 bits per heavy atom. The molecule has 11 nitrogen and oxygen atoms in total. The molecule has 1 rings (SSSR count). The Bertz CT molecular complexity index is 651. The molecular weight excluding hydrogens is 382 g/mol. The summed E-state index contributed by atoms with van der Waals surface area (Å²) in [6.07, 6.45) is 0.712. The van der Waals surface area contributed by atoms with Crippen LogP contribution in [0.1, 0.15) is 46.5 Å². The van der Waals surface area contributed by atoms with Gasteiger partial charge < -0.3 is 32.1 Å². The number of carboxylic acids is 1. The number of nitrogens with two attached hydrogens (primary N) is 2. The molecule has 4 unspecified atom stereocenters. The molecule has 0 aromatic heterocycles. The highest BCUT2D eigenvalue weighted by atomic mass is 16.4. The number of amides is 4. The van der Waals surface area contributed by atoms with Gasteiger partial charge in [0.15, 0.2) is 0 Å². The molecule has 4 atom stereocenters. The molecule has 0 aromatic carbocycles. The van der Waals surface area contributed by atoms with E-state index in [2.05, 4.69) is 10.6 Å². The molecule has 1 fully saturated rings. The minimum Gasteiger partial charge on any atom is -0.480 e. The van der Waals surface area contributed by atoms with Crippen molar-refractivity contribution in [1.29, 1.82) is 0 Å². The molecule has 1 aliphatic heterocycles. The van der Waals surface area contributed by atoms with Crippen molar-refractivity contribution in [3.05, 3.63) is 0 Å². The maximum absolute atomic E-state index is 12.9. The maximum Gasteiger partial charge on any atom is 0.326 e. The van der Waals surface area contributed by atoms with E-state index >= 15 is 0 Å². The Hall–Kier alpha value is -2.69. The van der Waals surface area contributed by atoms with E-state index in [0.717, 1.165) is 0 Å². The zero-order valence-electron chi connectivity index (χ0n) is 17.0.